The Kier molecular flexibility index (Phi) is 16.3. The van der Waals surface area contributed by atoms with E-state index in [1.165, 1.54) is 163 Å². The minimum absolute atomic E-state index is 1.16. The molecule has 290 valence electrons. The summed E-state index contributed by atoms with van der Waals surface area (Å²) in [6, 6.07) is 15.3. The average Bonchev–Trinajstić information content (AvgIpc) is 4.04. The van der Waals surface area contributed by atoms with Gasteiger partial charge in [0, 0.05) is 48.8 Å². The molecule has 0 saturated heterocycles. The largest absolute Gasteiger partial charge is 0.143 e. The molecule has 0 nitrogen and oxygen atoms in total. The molecule has 6 rings (SSSR count). The molecule has 54 heavy (non-hydrogen) atoms. The predicted octanol–water partition coefficient (Wildman–Crippen LogP) is 18.4. The minimum Gasteiger partial charge on any atom is -0.143 e. The SMILES string of the molecule is CCCCc1csc(-c2sc(-c3sc(-c4sc(-c5sc(-c6sccc6CCCC)cc5CCCC)cc4CCCC)cc3CCCC)cc2CCCC)c1. The molecule has 6 aromatic rings. The Morgan fingerprint density at radius 1 is 0.352 bits per heavy atom. The van der Waals surface area contributed by atoms with Crippen LogP contribution in [-0.2, 0) is 38.5 Å². The van der Waals surface area contributed by atoms with Crippen molar-refractivity contribution in [3.63, 3.8) is 0 Å². The second-order valence-electron chi connectivity index (χ2n) is 15.1. The molecule has 0 fully saturated rings. The summed E-state index contributed by atoms with van der Waals surface area (Å²) < 4.78 is 0. The van der Waals surface area contributed by atoms with Crippen LogP contribution in [0, 0.1) is 0 Å². The summed E-state index contributed by atoms with van der Waals surface area (Å²) in [4.78, 5) is 15.1. The molecule has 0 aliphatic carbocycles. The molecular formula is C48H62S6. The fourth-order valence-electron chi connectivity index (χ4n) is 7.33. The fraction of sp³-hybridized carbons (Fsp3) is 0.500. The summed E-state index contributed by atoms with van der Waals surface area (Å²) in [5.41, 5.74) is 9.33. The molecule has 0 amide bonds. The maximum absolute atomic E-state index is 2.61. The Balaban J connectivity index is 1.42. The quantitative estimate of drug-likeness (QED) is 0.0603. The smallest absolute Gasteiger partial charge is 0.0481 e. The molecule has 6 heteroatoms. The van der Waals surface area contributed by atoms with Crippen LogP contribution in [0.3, 0.4) is 0 Å². The third-order valence-electron chi connectivity index (χ3n) is 10.6. The maximum atomic E-state index is 2.61. The highest BCUT2D eigenvalue weighted by molar-refractivity contribution is 7.30. The van der Waals surface area contributed by atoms with Crippen LogP contribution >= 0.6 is 68.0 Å². The van der Waals surface area contributed by atoms with E-state index in [9.17, 15) is 0 Å². The van der Waals surface area contributed by atoms with E-state index in [4.69, 9.17) is 0 Å². The van der Waals surface area contributed by atoms with Crippen LogP contribution in [0.1, 0.15) is 152 Å². The second kappa shape index (κ2) is 21.1. The number of thiophene rings is 6. The van der Waals surface area contributed by atoms with Crippen LogP contribution in [0.15, 0.2) is 47.2 Å². The zero-order valence-electron chi connectivity index (χ0n) is 33.8. The number of hydrogen-bond acceptors (Lipinski definition) is 6. The fourth-order valence-corrected chi connectivity index (χ4v) is 14.8. The van der Waals surface area contributed by atoms with Gasteiger partial charge in [-0.3, -0.25) is 0 Å². The summed E-state index contributed by atoms with van der Waals surface area (Å²) in [6.45, 7) is 14.0. The van der Waals surface area contributed by atoms with Gasteiger partial charge in [0.05, 0.1) is 0 Å². The highest BCUT2D eigenvalue weighted by atomic mass is 32.1. The molecular weight excluding hydrogens is 769 g/mol. The van der Waals surface area contributed by atoms with Gasteiger partial charge in [0.15, 0.2) is 0 Å². The lowest BCUT2D eigenvalue weighted by atomic mass is 10.0. The Labute approximate surface area is 351 Å². The van der Waals surface area contributed by atoms with Crippen LogP contribution < -0.4 is 0 Å². The van der Waals surface area contributed by atoms with Gasteiger partial charge in [0.2, 0.25) is 0 Å². The highest BCUT2D eigenvalue weighted by Crippen LogP contribution is 2.51. The highest BCUT2D eigenvalue weighted by Gasteiger charge is 2.23. The molecule has 0 bridgehead atoms. The van der Waals surface area contributed by atoms with Crippen LogP contribution in [0.4, 0.5) is 0 Å². The van der Waals surface area contributed by atoms with Crippen LogP contribution in [0.5, 0.6) is 0 Å². The summed E-state index contributed by atoms with van der Waals surface area (Å²) >= 11 is 12.2. The Bertz CT molecular complexity index is 2010. The molecule has 0 unspecified atom stereocenters. The average molecular weight is 831 g/mol. The van der Waals surface area contributed by atoms with Crippen molar-refractivity contribution in [3.8, 4) is 48.8 Å². The first-order chi connectivity index (χ1) is 26.5. The van der Waals surface area contributed by atoms with Gasteiger partial charge < -0.3 is 0 Å². The van der Waals surface area contributed by atoms with Crippen molar-refractivity contribution in [1.29, 1.82) is 0 Å². The lowest BCUT2D eigenvalue weighted by Crippen LogP contribution is -1.85. The van der Waals surface area contributed by atoms with Gasteiger partial charge in [-0.25, -0.2) is 0 Å². The van der Waals surface area contributed by atoms with Crippen molar-refractivity contribution in [3.05, 3.63) is 80.5 Å². The second-order valence-corrected chi connectivity index (χ2v) is 21.1. The van der Waals surface area contributed by atoms with Gasteiger partial charge in [-0.05, 0) is 158 Å². The first kappa shape index (κ1) is 41.8. The third-order valence-corrected chi connectivity index (χ3v) is 18.1. The standard InChI is InChI=1S/C48H62S6/c1-7-13-19-33-27-39(50-32-33)45-35(21-15-9-3)29-41(52-45)47-37(23-17-11-5)31-43(54-47)48-38(24-18-12-6)30-42(53-48)46-36(22-16-10-4)28-40(51-46)44-34(20-14-8-2)25-26-49-44/h25-32H,7-24H2,1-6H3. The number of unbranched alkanes of at least 4 members (excludes halogenated alkanes) is 6. The topological polar surface area (TPSA) is 0 Å². The number of rotatable bonds is 23. The van der Waals surface area contributed by atoms with Crippen molar-refractivity contribution >= 4 is 68.0 Å². The number of hydrogen-bond donors (Lipinski definition) is 0. The van der Waals surface area contributed by atoms with Crippen molar-refractivity contribution in [1.82, 2.24) is 0 Å². The third kappa shape index (κ3) is 10.2. The van der Waals surface area contributed by atoms with E-state index in [2.05, 4.69) is 134 Å². The van der Waals surface area contributed by atoms with E-state index in [1.54, 1.807) is 27.8 Å². The van der Waals surface area contributed by atoms with Crippen LogP contribution in [0.25, 0.3) is 48.8 Å². The molecule has 0 spiro atoms. The van der Waals surface area contributed by atoms with E-state index in [0.29, 0.717) is 0 Å². The van der Waals surface area contributed by atoms with Crippen LogP contribution in [0.2, 0.25) is 0 Å². The molecule has 0 aliphatic rings. The Morgan fingerprint density at radius 2 is 0.704 bits per heavy atom. The van der Waals surface area contributed by atoms with Gasteiger partial charge >= 0.3 is 0 Å². The van der Waals surface area contributed by atoms with E-state index in [0.717, 1.165) is 6.42 Å². The first-order valence-corrected chi connectivity index (χ1v) is 26.2. The van der Waals surface area contributed by atoms with Gasteiger partial charge in [0.1, 0.15) is 0 Å². The minimum atomic E-state index is 1.16. The molecule has 0 atom stereocenters. The molecule has 0 aromatic carbocycles. The predicted molar refractivity (Wildman–Crippen MR) is 253 cm³/mol. The molecule has 0 radical (unpaired) electrons. The normalized spacial score (nSPS) is 11.7. The zero-order chi connectivity index (χ0) is 37.9. The van der Waals surface area contributed by atoms with Gasteiger partial charge in [-0.2, -0.15) is 0 Å². The lowest BCUT2D eigenvalue weighted by molar-refractivity contribution is 0.796. The van der Waals surface area contributed by atoms with E-state index in [-0.39, 0.29) is 0 Å². The Morgan fingerprint density at radius 3 is 1.11 bits per heavy atom. The zero-order valence-corrected chi connectivity index (χ0v) is 38.7. The lowest BCUT2D eigenvalue weighted by Gasteiger charge is -2.00. The van der Waals surface area contributed by atoms with Crippen molar-refractivity contribution in [2.45, 2.75) is 157 Å². The molecule has 0 N–H and O–H groups in total. The van der Waals surface area contributed by atoms with Crippen molar-refractivity contribution < 1.29 is 0 Å². The van der Waals surface area contributed by atoms with E-state index in [1.807, 2.05) is 22.7 Å². The summed E-state index contributed by atoms with van der Waals surface area (Å²) in [5, 5.41) is 4.74. The van der Waals surface area contributed by atoms with Crippen LogP contribution in [-0.4, -0.2) is 0 Å². The van der Waals surface area contributed by atoms with E-state index >= 15 is 0 Å². The molecule has 0 saturated carbocycles. The molecule has 6 heterocycles. The first-order valence-electron chi connectivity index (χ1n) is 21.2. The summed E-state index contributed by atoms with van der Waals surface area (Å²) in [6.07, 6.45) is 22.1. The van der Waals surface area contributed by atoms with Gasteiger partial charge in [-0.15, -0.1) is 68.0 Å². The van der Waals surface area contributed by atoms with E-state index < -0.39 is 0 Å². The summed E-state index contributed by atoms with van der Waals surface area (Å²) in [7, 11) is 0. The molecule has 6 aromatic heterocycles. The molecule has 0 aliphatic heterocycles. The van der Waals surface area contributed by atoms with Gasteiger partial charge in [-0.1, -0.05) is 80.1 Å². The monoisotopic (exact) mass is 830 g/mol. The number of aryl methyl sites for hydroxylation is 6. The van der Waals surface area contributed by atoms with Crippen molar-refractivity contribution in [2.24, 2.45) is 0 Å². The Hall–Kier alpha value is -1.80. The maximum Gasteiger partial charge on any atom is 0.0481 e. The summed E-state index contributed by atoms with van der Waals surface area (Å²) in [5.74, 6) is 0. The van der Waals surface area contributed by atoms with Crippen molar-refractivity contribution in [2.75, 3.05) is 0 Å². The van der Waals surface area contributed by atoms with Gasteiger partial charge in [0.25, 0.3) is 0 Å².